The summed E-state index contributed by atoms with van der Waals surface area (Å²) in [5, 5.41) is 8.01. The molecule has 0 aliphatic heterocycles. The van der Waals surface area contributed by atoms with Gasteiger partial charge >= 0.3 is 0 Å². The van der Waals surface area contributed by atoms with E-state index in [1.165, 1.54) is 16.3 Å². The van der Waals surface area contributed by atoms with Gasteiger partial charge in [0.1, 0.15) is 0 Å². The molecule has 0 radical (unpaired) electrons. The molecule has 3 rings (SSSR count). The highest BCUT2D eigenvalue weighted by atomic mass is 32.2. The molecule has 0 aliphatic rings. The molecule has 0 saturated heterocycles. The molecule has 3 aromatic rings. The average Bonchev–Trinajstić information content (AvgIpc) is 2.69. The monoisotopic (exact) mass is 406 g/mol. The van der Waals surface area contributed by atoms with Crippen LogP contribution in [-0.2, 0) is 15.3 Å². The number of hydrogen-bond acceptors (Lipinski definition) is 3. The molecule has 4 nitrogen and oxygen atoms in total. The van der Waals surface area contributed by atoms with Crippen LogP contribution in [0.5, 0.6) is 0 Å². The highest BCUT2D eigenvalue weighted by Crippen LogP contribution is 2.22. The third kappa shape index (κ3) is 5.84. The summed E-state index contributed by atoms with van der Waals surface area (Å²) in [6, 6.07) is 18.6. The van der Waals surface area contributed by atoms with Crippen molar-refractivity contribution < 1.29 is 9.59 Å². The van der Waals surface area contributed by atoms with Crippen LogP contribution in [0.4, 0.5) is 5.69 Å². The Hall–Kier alpha value is -2.79. The van der Waals surface area contributed by atoms with Crippen molar-refractivity contribution in [3.8, 4) is 0 Å². The number of rotatable bonds is 7. The SMILES string of the molecule is Cc1cc(C)c(NC(=O)CNC(=O)CSCc2ccc3ccccc3c2)c(C)c1. The molecule has 150 valence electrons. The lowest BCUT2D eigenvalue weighted by Gasteiger charge is -2.13. The Kier molecular flexibility index (Phi) is 6.94. The summed E-state index contributed by atoms with van der Waals surface area (Å²) in [7, 11) is 0. The van der Waals surface area contributed by atoms with Crippen LogP contribution in [-0.4, -0.2) is 24.1 Å². The summed E-state index contributed by atoms with van der Waals surface area (Å²) in [6.45, 7) is 5.94. The summed E-state index contributed by atoms with van der Waals surface area (Å²) in [5.74, 6) is 0.728. The molecule has 2 N–H and O–H groups in total. The van der Waals surface area contributed by atoms with Crippen LogP contribution in [0, 0.1) is 20.8 Å². The summed E-state index contributed by atoms with van der Waals surface area (Å²) in [6.07, 6.45) is 0. The van der Waals surface area contributed by atoms with Crippen LogP contribution < -0.4 is 10.6 Å². The molecule has 0 spiro atoms. The third-order valence-electron chi connectivity index (χ3n) is 4.70. The van der Waals surface area contributed by atoms with Gasteiger partial charge in [0.05, 0.1) is 12.3 Å². The maximum absolute atomic E-state index is 12.2. The van der Waals surface area contributed by atoms with Crippen LogP contribution in [0.25, 0.3) is 10.8 Å². The van der Waals surface area contributed by atoms with Crippen LogP contribution in [0.2, 0.25) is 0 Å². The minimum absolute atomic E-state index is 0.0257. The average molecular weight is 407 g/mol. The van der Waals surface area contributed by atoms with Crippen molar-refractivity contribution in [2.45, 2.75) is 26.5 Å². The number of hydrogen-bond donors (Lipinski definition) is 2. The summed E-state index contributed by atoms with van der Waals surface area (Å²) in [5.41, 5.74) is 5.21. The predicted molar refractivity (Wildman–Crippen MR) is 122 cm³/mol. The number of nitrogens with one attached hydrogen (secondary N) is 2. The highest BCUT2D eigenvalue weighted by molar-refractivity contribution is 7.99. The fourth-order valence-electron chi connectivity index (χ4n) is 3.38. The third-order valence-corrected chi connectivity index (χ3v) is 5.71. The lowest BCUT2D eigenvalue weighted by atomic mass is 10.1. The van der Waals surface area contributed by atoms with E-state index < -0.39 is 0 Å². The van der Waals surface area contributed by atoms with E-state index in [0.29, 0.717) is 5.75 Å². The van der Waals surface area contributed by atoms with Crippen molar-refractivity contribution in [2.24, 2.45) is 0 Å². The second-order valence-corrected chi connectivity index (χ2v) is 8.26. The van der Waals surface area contributed by atoms with Crippen molar-refractivity contribution in [2.75, 3.05) is 17.6 Å². The molecule has 0 heterocycles. The first-order valence-corrected chi connectivity index (χ1v) is 10.8. The molecule has 0 saturated carbocycles. The van der Waals surface area contributed by atoms with Crippen LogP contribution in [0.15, 0.2) is 54.6 Å². The number of amides is 2. The molecular weight excluding hydrogens is 380 g/mol. The molecule has 0 bridgehead atoms. The second-order valence-electron chi connectivity index (χ2n) is 7.27. The number of fused-ring (bicyclic) bond motifs is 1. The van der Waals surface area contributed by atoms with Crippen molar-refractivity contribution in [3.63, 3.8) is 0 Å². The number of carbonyl (C=O) groups is 2. The number of anilines is 1. The molecule has 3 aromatic carbocycles. The number of carbonyl (C=O) groups excluding carboxylic acids is 2. The zero-order chi connectivity index (χ0) is 20.8. The van der Waals surface area contributed by atoms with Gasteiger partial charge in [0.2, 0.25) is 11.8 Å². The minimum Gasteiger partial charge on any atom is -0.346 e. The van der Waals surface area contributed by atoms with Crippen LogP contribution in [0.3, 0.4) is 0 Å². The van der Waals surface area contributed by atoms with Gasteiger partial charge in [0.15, 0.2) is 0 Å². The van der Waals surface area contributed by atoms with Crippen molar-refractivity contribution in [1.29, 1.82) is 0 Å². The molecule has 0 fully saturated rings. The van der Waals surface area contributed by atoms with E-state index in [1.807, 2.05) is 45.0 Å². The van der Waals surface area contributed by atoms with Crippen LogP contribution >= 0.6 is 11.8 Å². The van der Waals surface area contributed by atoms with Gasteiger partial charge in [-0.3, -0.25) is 9.59 Å². The van der Waals surface area contributed by atoms with Gasteiger partial charge in [0.25, 0.3) is 0 Å². The Morgan fingerprint density at radius 2 is 1.55 bits per heavy atom. The molecule has 0 aromatic heterocycles. The normalized spacial score (nSPS) is 10.7. The molecule has 0 atom stereocenters. The molecule has 29 heavy (non-hydrogen) atoms. The lowest BCUT2D eigenvalue weighted by molar-refractivity contribution is -0.122. The van der Waals surface area contributed by atoms with Gasteiger partial charge < -0.3 is 10.6 Å². The van der Waals surface area contributed by atoms with Gasteiger partial charge in [-0.25, -0.2) is 0 Å². The van der Waals surface area contributed by atoms with Crippen molar-refractivity contribution in [3.05, 3.63) is 76.9 Å². The molecule has 2 amide bonds. The van der Waals surface area contributed by atoms with Crippen molar-refractivity contribution in [1.82, 2.24) is 5.32 Å². The number of benzene rings is 3. The summed E-state index contributed by atoms with van der Waals surface area (Å²) >= 11 is 1.54. The quantitative estimate of drug-likeness (QED) is 0.595. The Labute approximate surface area is 176 Å². The van der Waals surface area contributed by atoms with E-state index >= 15 is 0 Å². The number of aryl methyl sites for hydroxylation is 3. The first-order valence-electron chi connectivity index (χ1n) is 9.62. The Morgan fingerprint density at radius 3 is 2.28 bits per heavy atom. The summed E-state index contributed by atoms with van der Waals surface area (Å²) in [4.78, 5) is 24.3. The molecule has 0 unspecified atom stereocenters. The predicted octanol–water partition coefficient (Wildman–Crippen LogP) is 4.75. The van der Waals surface area contributed by atoms with E-state index in [1.54, 1.807) is 11.8 Å². The molecule has 5 heteroatoms. The van der Waals surface area contributed by atoms with Gasteiger partial charge in [-0.05, 0) is 48.2 Å². The second kappa shape index (κ2) is 9.61. The number of thioether (sulfide) groups is 1. The maximum atomic E-state index is 12.2. The minimum atomic E-state index is -0.215. The topological polar surface area (TPSA) is 58.2 Å². The first kappa shape index (κ1) is 20.9. The largest absolute Gasteiger partial charge is 0.346 e. The van der Waals surface area contributed by atoms with Crippen LogP contribution in [0.1, 0.15) is 22.3 Å². The van der Waals surface area contributed by atoms with Crippen molar-refractivity contribution >= 4 is 40.0 Å². The smallest absolute Gasteiger partial charge is 0.243 e. The summed E-state index contributed by atoms with van der Waals surface area (Å²) < 4.78 is 0. The van der Waals surface area contributed by atoms with E-state index in [4.69, 9.17) is 0 Å². The zero-order valence-corrected chi connectivity index (χ0v) is 17.9. The van der Waals surface area contributed by atoms with Gasteiger partial charge in [-0.15, -0.1) is 11.8 Å². The zero-order valence-electron chi connectivity index (χ0n) is 17.0. The highest BCUT2D eigenvalue weighted by Gasteiger charge is 2.10. The Morgan fingerprint density at radius 1 is 0.862 bits per heavy atom. The fourth-order valence-corrected chi connectivity index (χ4v) is 4.19. The molecular formula is C24H26N2O2S. The molecule has 0 aliphatic carbocycles. The van der Waals surface area contributed by atoms with Gasteiger partial charge in [-0.1, -0.05) is 60.2 Å². The first-order chi connectivity index (χ1) is 13.9. The van der Waals surface area contributed by atoms with E-state index in [0.717, 1.165) is 28.1 Å². The lowest BCUT2D eigenvalue weighted by Crippen LogP contribution is -2.34. The maximum Gasteiger partial charge on any atom is 0.243 e. The fraction of sp³-hybridized carbons (Fsp3) is 0.250. The Balaban J connectivity index is 1.43. The van der Waals surface area contributed by atoms with Gasteiger partial charge in [0, 0.05) is 11.4 Å². The van der Waals surface area contributed by atoms with E-state index in [-0.39, 0.29) is 18.4 Å². The van der Waals surface area contributed by atoms with E-state index in [2.05, 4.69) is 41.0 Å². The van der Waals surface area contributed by atoms with E-state index in [9.17, 15) is 9.59 Å². The standard InChI is InChI=1S/C24H26N2O2S/c1-16-10-17(2)24(18(3)11-16)26-22(27)13-25-23(28)15-29-14-19-8-9-20-6-4-5-7-21(20)12-19/h4-12H,13-15H2,1-3H3,(H,25,28)(H,26,27). The Bertz CT molecular complexity index is 1020. The van der Waals surface area contributed by atoms with Gasteiger partial charge in [-0.2, -0.15) is 0 Å².